The second-order valence-electron chi connectivity index (χ2n) is 8.37. The van der Waals surface area contributed by atoms with Crippen molar-refractivity contribution in [1.82, 2.24) is 10.2 Å². The van der Waals surface area contributed by atoms with Crippen molar-refractivity contribution in [3.63, 3.8) is 0 Å². The number of ether oxygens (including phenoxy) is 1. The Morgan fingerprint density at radius 1 is 1.00 bits per heavy atom. The number of carbonyl (C=O) groups excluding carboxylic acids is 2. The highest BCUT2D eigenvalue weighted by atomic mass is 16.5. The minimum absolute atomic E-state index is 0.0348. The Morgan fingerprint density at radius 2 is 1.68 bits per heavy atom. The van der Waals surface area contributed by atoms with E-state index in [0.29, 0.717) is 6.54 Å². The number of nitrogens with zero attached hydrogens (tertiary/aromatic N) is 1. The van der Waals surface area contributed by atoms with Gasteiger partial charge in [0.25, 0.3) is 0 Å². The van der Waals surface area contributed by atoms with Gasteiger partial charge in [-0.1, -0.05) is 61.7 Å². The van der Waals surface area contributed by atoms with Crippen molar-refractivity contribution in [2.45, 2.75) is 64.0 Å². The molecular formula is C26H34N2O3. The van der Waals surface area contributed by atoms with Gasteiger partial charge in [-0.3, -0.25) is 9.59 Å². The molecule has 2 amide bonds. The van der Waals surface area contributed by atoms with Gasteiger partial charge < -0.3 is 15.0 Å². The molecule has 2 aromatic rings. The summed E-state index contributed by atoms with van der Waals surface area (Å²) in [6.45, 7) is 2.35. The van der Waals surface area contributed by atoms with Gasteiger partial charge in [0.15, 0.2) is 0 Å². The molecule has 1 unspecified atom stereocenters. The maximum absolute atomic E-state index is 13.2. The molecule has 2 aromatic carbocycles. The van der Waals surface area contributed by atoms with Crippen LogP contribution < -0.4 is 10.1 Å². The maximum Gasteiger partial charge on any atom is 0.242 e. The van der Waals surface area contributed by atoms with Crippen molar-refractivity contribution < 1.29 is 14.3 Å². The summed E-state index contributed by atoms with van der Waals surface area (Å²) in [7, 11) is 1.62. The first-order valence-corrected chi connectivity index (χ1v) is 11.3. The normalized spacial score (nSPS) is 15.2. The summed E-state index contributed by atoms with van der Waals surface area (Å²) in [6.07, 6.45) is 6.60. The van der Waals surface area contributed by atoms with Crippen molar-refractivity contribution in [1.29, 1.82) is 0 Å². The molecular weight excluding hydrogens is 388 g/mol. The second-order valence-corrected chi connectivity index (χ2v) is 8.37. The van der Waals surface area contributed by atoms with E-state index in [9.17, 15) is 9.59 Å². The van der Waals surface area contributed by atoms with Crippen LogP contribution in [0.25, 0.3) is 0 Å². The summed E-state index contributed by atoms with van der Waals surface area (Å²) in [5.41, 5.74) is 2.07. The lowest BCUT2D eigenvalue weighted by molar-refractivity contribution is -0.139. The number of nitrogens with one attached hydrogen (secondary N) is 1. The molecule has 1 aliphatic carbocycles. The van der Waals surface area contributed by atoms with Gasteiger partial charge in [0.1, 0.15) is 11.8 Å². The van der Waals surface area contributed by atoms with E-state index in [1.165, 1.54) is 6.42 Å². The predicted octanol–water partition coefficient (Wildman–Crippen LogP) is 4.15. The molecule has 5 heteroatoms. The summed E-state index contributed by atoms with van der Waals surface area (Å²) in [4.78, 5) is 28.0. The van der Waals surface area contributed by atoms with Crippen molar-refractivity contribution in [2.24, 2.45) is 0 Å². The molecule has 0 aliphatic heterocycles. The smallest absolute Gasteiger partial charge is 0.242 e. The zero-order valence-electron chi connectivity index (χ0n) is 18.7. The number of hydrogen-bond donors (Lipinski definition) is 1. The fourth-order valence-corrected chi connectivity index (χ4v) is 4.16. The van der Waals surface area contributed by atoms with Crippen LogP contribution in [0.2, 0.25) is 0 Å². The number of benzene rings is 2. The van der Waals surface area contributed by atoms with Crippen molar-refractivity contribution in [3.8, 4) is 5.75 Å². The summed E-state index contributed by atoms with van der Waals surface area (Å²) in [5.74, 6) is 0.674. The Morgan fingerprint density at radius 3 is 2.32 bits per heavy atom. The Hall–Kier alpha value is -2.82. The molecule has 1 N–H and O–H groups in total. The van der Waals surface area contributed by atoms with Gasteiger partial charge in [0.05, 0.1) is 13.5 Å². The Bertz CT molecular complexity index is 829. The molecule has 0 heterocycles. The van der Waals surface area contributed by atoms with Crippen molar-refractivity contribution in [2.75, 3.05) is 13.7 Å². The second kappa shape index (κ2) is 11.5. The lowest BCUT2D eigenvalue weighted by atomic mass is 9.95. The van der Waals surface area contributed by atoms with E-state index in [1.54, 1.807) is 12.0 Å². The highest BCUT2D eigenvalue weighted by molar-refractivity contribution is 5.88. The van der Waals surface area contributed by atoms with Crippen LogP contribution in [0.1, 0.15) is 50.2 Å². The van der Waals surface area contributed by atoms with Crippen LogP contribution in [-0.2, 0) is 22.4 Å². The number of rotatable bonds is 9. The zero-order chi connectivity index (χ0) is 22.1. The topological polar surface area (TPSA) is 58.6 Å². The van der Waals surface area contributed by atoms with Crippen LogP contribution in [0, 0.1) is 0 Å². The zero-order valence-corrected chi connectivity index (χ0v) is 18.7. The average molecular weight is 423 g/mol. The van der Waals surface area contributed by atoms with Crippen molar-refractivity contribution >= 4 is 11.8 Å². The Balaban J connectivity index is 1.68. The Kier molecular flexibility index (Phi) is 8.51. The molecule has 3 rings (SSSR count). The van der Waals surface area contributed by atoms with E-state index in [4.69, 9.17) is 4.74 Å². The molecule has 0 saturated heterocycles. The molecule has 0 radical (unpaired) electrons. The SMILES string of the molecule is COc1ccc(CC(=O)N(CCc2ccccc2)C(C)C(=O)NC2CCCCC2)cc1. The first-order chi connectivity index (χ1) is 15.1. The van der Waals surface area contributed by atoms with Gasteiger partial charge in [-0.2, -0.15) is 0 Å². The van der Waals surface area contributed by atoms with E-state index >= 15 is 0 Å². The number of methoxy groups -OCH3 is 1. The summed E-state index contributed by atoms with van der Waals surface area (Å²) < 4.78 is 5.20. The summed E-state index contributed by atoms with van der Waals surface area (Å²) >= 11 is 0. The van der Waals surface area contributed by atoms with E-state index in [-0.39, 0.29) is 24.3 Å². The fourth-order valence-electron chi connectivity index (χ4n) is 4.16. The van der Waals surface area contributed by atoms with Gasteiger partial charge in [0, 0.05) is 12.6 Å². The number of carbonyl (C=O) groups is 2. The standard InChI is InChI=1S/C26H34N2O3/c1-20(26(30)27-23-11-7-4-8-12-23)28(18-17-21-9-5-3-6-10-21)25(29)19-22-13-15-24(31-2)16-14-22/h3,5-6,9-10,13-16,20,23H,4,7-8,11-12,17-19H2,1-2H3,(H,27,30). The van der Waals surface area contributed by atoms with Crippen LogP contribution >= 0.6 is 0 Å². The van der Waals surface area contributed by atoms with Crippen LogP contribution in [0.4, 0.5) is 0 Å². The first kappa shape index (κ1) is 22.9. The lowest BCUT2D eigenvalue weighted by Crippen LogP contribution is -2.51. The third-order valence-corrected chi connectivity index (χ3v) is 6.12. The van der Waals surface area contributed by atoms with E-state index in [2.05, 4.69) is 17.4 Å². The summed E-state index contributed by atoms with van der Waals surface area (Å²) in [6, 6.07) is 17.3. The van der Waals surface area contributed by atoms with Crippen LogP contribution in [0.15, 0.2) is 54.6 Å². The van der Waals surface area contributed by atoms with Gasteiger partial charge >= 0.3 is 0 Å². The molecule has 1 atom stereocenters. The highest BCUT2D eigenvalue weighted by Gasteiger charge is 2.27. The van der Waals surface area contributed by atoms with E-state index < -0.39 is 6.04 Å². The molecule has 0 spiro atoms. The van der Waals surface area contributed by atoms with Crippen LogP contribution in [-0.4, -0.2) is 42.5 Å². The maximum atomic E-state index is 13.2. The molecule has 1 fully saturated rings. The van der Waals surface area contributed by atoms with Crippen molar-refractivity contribution in [3.05, 3.63) is 65.7 Å². The largest absolute Gasteiger partial charge is 0.497 e. The predicted molar refractivity (Wildman–Crippen MR) is 123 cm³/mol. The molecule has 166 valence electrons. The monoisotopic (exact) mass is 422 g/mol. The van der Waals surface area contributed by atoms with Gasteiger partial charge in [-0.25, -0.2) is 0 Å². The molecule has 0 bridgehead atoms. The van der Waals surface area contributed by atoms with Gasteiger partial charge in [-0.15, -0.1) is 0 Å². The molecule has 31 heavy (non-hydrogen) atoms. The number of amides is 2. The third kappa shape index (κ3) is 6.84. The first-order valence-electron chi connectivity index (χ1n) is 11.3. The molecule has 5 nitrogen and oxygen atoms in total. The van der Waals surface area contributed by atoms with E-state index in [1.807, 2.05) is 49.4 Å². The quantitative estimate of drug-likeness (QED) is 0.661. The van der Waals surface area contributed by atoms with Crippen LogP contribution in [0.5, 0.6) is 5.75 Å². The van der Waals surface area contributed by atoms with E-state index in [0.717, 1.165) is 49.0 Å². The molecule has 1 aliphatic rings. The minimum Gasteiger partial charge on any atom is -0.497 e. The van der Waals surface area contributed by atoms with Gasteiger partial charge in [-0.05, 0) is 49.4 Å². The average Bonchev–Trinajstić information content (AvgIpc) is 2.81. The summed E-state index contributed by atoms with van der Waals surface area (Å²) in [5, 5.41) is 3.18. The lowest BCUT2D eigenvalue weighted by Gasteiger charge is -2.31. The Labute approximate surface area is 185 Å². The molecule has 1 saturated carbocycles. The fraction of sp³-hybridized carbons (Fsp3) is 0.462. The minimum atomic E-state index is -0.503. The highest BCUT2D eigenvalue weighted by Crippen LogP contribution is 2.18. The van der Waals surface area contributed by atoms with Gasteiger partial charge in [0.2, 0.25) is 11.8 Å². The van der Waals surface area contributed by atoms with Crippen LogP contribution in [0.3, 0.4) is 0 Å². The number of hydrogen-bond acceptors (Lipinski definition) is 3. The third-order valence-electron chi connectivity index (χ3n) is 6.12. The molecule has 0 aromatic heterocycles.